The Hall–Kier alpha value is -1.57. The van der Waals surface area contributed by atoms with E-state index in [0.717, 1.165) is 37.0 Å². The first kappa shape index (κ1) is 27.5. The van der Waals surface area contributed by atoms with E-state index in [1.807, 2.05) is 13.8 Å². The van der Waals surface area contributed by atoms with E-state index in [9.17, 15) is 18.0 Å². The molecule has 1 amide bonds. The van der Waals surface area contributed by atoms with E-state index < -0.39 is 11.9 Å². The normalized spacial score (nSPS) is 16.0. The van der Waals surface area contributed by atoms with Crippen molar-refractivity contribution in [2.75, 3.05) is 32.7 Å². The van der Waals surface area contributed by atoms with Crippen LogP contribution in [0.5, 0.6) is 0 Å². The van der Waals surface area contributed by atoms with Gasteiger partial charge in [0.05, 0.1) is 13.1 Å². The molecule has 0 aromatic carbocycles. The van der Waals surface area contributed by atoms with Crippen LogP contribution in [0.15, 0.2) is 11.2 Å². The summed E-state index contributed by atoms with van der Waals surface area (Å²) in [6.45, 7) is 7.03. The minimum atomic E-state index is -4.51. The average molecular weight is 559 g/mol. The standard InChI is InChI=1S/C19H32F3N7O.HI/c1-4-8-24-16(30)13-29-9-6-15(7-10-29)26-18(23-5-2)25-11-14-12-28(3)27-17(14)19(20,21)22;/h12,15H,4-11,13H2,1-3H3,(H,24,30)(H2,23,25,26);1H. The number of halogens is 4. The van der Waals surface area contributed by atoms with Gasteiger partial charge in [-0.05, 0) is 26.2 Å². The zero-order chi connectivity index (χ0) is 22.1. The minimum absolute atomic E-state index is 0. The number of carbonyl (C=O) groups excluding carboxylic acids is 1. The number of rotatable bonds is 8. The third-order valence-corrected chi connectivity index (χ3v) is 4.79. The van der Waals surface area contributed by atoms with Gasteiger partial charge in [0.25, 0.3) is 0 Å². The van der Waals surface area contributed by atoms with E-state index in [2.05, 4.69) is 30.9 Å². The first-order valence-electron chi connectivity index (χ1n) is 10.4. The molecule has 0 bridgehead atoms. The predicted molar refractivity (Wildman–Crippen MR) is 124 cm³/mol. The first-order chi connectivity index (χ1) is 14.2. The molecule has 1 aliphatic rings. The van der Waals surface area contributed by atoms with Crippen LogP contribution in [0.25, 0.3) is 0 Å². The Labute approximate surface area is 198 Å². The van der Waals surface area contributed by atoms with Crippen molar-refractivity contribution in [1.29, 1.82) is 0 Å². The van der Waals surface area contributed by atoms with Crippen LogP contribution in [0.4, 0.5) is 13.2 Å². The lowest BCUT2D eigenvalue weighted by Gasteiger charge is -2.32. The van der Waals surface area contributed by atoms with E-state index in [-0.39, 0.29) is 48.0 Å². The van der Waals surface area contributed by atoms with Crippen LogP contribution in [0, 0.1) is 0 Å². The van der Waals surface area contributed by atoms with E-state index in [4.69, 9.17) is 0 Å². The van der Waals surface area contributed by atoms with Crippen LogP contribution < -0.4 is 16.0 Å². The fourth-order valence-corrected chi connectivity index (χ4v) is 3.33. The summed E-state index contributed by atoms with van der Waals surface area (Å²) in [6, 6.07) is 0.147. The Morgan fingerprint density at radius 2 is 1.94 bits per heavy atom. The van der Waals surface area contributed by atoms with E-state index in [0.29, 0.717) is 25.6 Å². The number of aliphatic imine (C=N–C) groups is 1. The number of nitrogens with zero attached hydrogens (tertiary/aromatic N) is 4. The Kier molecular flexibility index (Phi) is 11.6. The van der Waals surface area contributed by atoms with E-state index in [1.54, 1.807) is 0 Å². The topological polar surface area (TPSA) is 86.6 Å². The highest BCUT2D eigenvalue weighted by Crippen LogP contribution is 2.30. The largest absolute Gasteiger partial charge is 0.435 e. The number of guanidine groups is 1. The average Bonchev–Trinajstić information content (AvgIpc) is 3.07. The molecule has 8 nitrogen and oxygen atoms in total. The third-order valence-electron chi connectivity index (χ3n) is 4.79. The molecule has 1 aliphatic heterocycles. The number of nitrogens with one attached hydrogen (secondary N) is 3. The van der Waals surface area contributed by atoms with Crippen LogP contribution >= 0.6 is 24.0 Å². The lowest BCUT2D eigenvalue weighted by molar-refractivity contribution is -0.142. The van der Waals surface area contributed by atoms with Gasteiger partial charge in [0.2, 0.25) is 5.91 Å². The first-order valence-corrected chi connectivity index (χ1v) is 10.4. The van der Waals surface area contributed by atoms with Gasteiger partial charge in [-0.1, -0.05) is 6.92 Å². The number of aromatic nitrogens is 2. The Balaban J connectivity index is 0.00000480. The summed E-state index contributed by atoms with van der Waals surface area (Å²) in [4.78, 5) is 18.3. The number of amides is 1. The SMILES string of the molecule is CCCNC(=O)CN1CCC(NC(=NCc2cn(C)nc2C(F)(F)F)NCC)CC1.I. The Bertz CT molecular complexity index is 716. The second kappa shape index (κ2) is 13.1. The molecule has 3 N–H and O–H groups in total. The molecule has 0 atom stereocenters. The van der Waals surface area contributed by atoms with Crippen molar-refractivity contribution in [2.24, 2.45) is 12.0 Å². The monoisotopic (exact) mass is 559 g/mol. The van der Waals surface area contributed by atoms with Crippen LogP contribution in [0.3, 0.4) is 0 Å². The molecule has 12 heteroatoms. The van der Waals surface area contributed by atoms with Gasteiger partial charge in [-0.2, -0.15) is 18.3 Å². The summed E-state index contributed by atoms with van der Waals surface area (Å²) in [5.74, 6) is 0.517. The molecule has 0 saturated carbocycles. The number of aryl methyl sites for hydroxylation is 1. The van der Waals surface area contributed by atoms with Gasteiger partial charge in [-0.25, -0.2) is 4.99 Å². The molecule has 0 aliphatic carbocycles. The van der Waals surface area contributed by atoms with Crippen molar-refractivity contribution in [2.45, 2.75) is 51.9 Å². The van der Waals surface area contributed by atoms with Gasteiger partial charge in [-0.15, -0.1) is 24.0 Å². The molecule has 1 saturated heterocycles. The molecule has 0 radical (unpaired) electrons. The van der Waals surface area contributed by atoms with Crippen LogP contribution in [-0.2, 0) is 24.6 Å². The molecule has 178 valence electrons. The highest BCUT2D eigenvalue weighted by atomic mass is 127. The van der Waals surface area contributed by atoms with Crippen molar-refractivity contribution in [3.63, 3.8) is 0 Å². The van der Waals surface area contributed by atoms with Gasteiger partial charge in [-0.3, -0.25) is 14.4 Å². The summed E-state index contributed by atoms with van der Waals surface area (Å²) in [7, 11) is 1.46. The van der Waals surface area contributed by atoms with Crippen LogP contribution in [0.2, 0.25) is 0 Å². The zero-order valence-corrected chi connectivity index (χ0v) is 20.6. The van der Waals surface area contributed by atoms with Gasteiger partial charge >= 0.3 is 6.18 Å². The van der Waals surface area contributed by atoms with E-state index in [1.165, 1.54) is 13.2 Å². The molecule has 0 unspecified atom stereocenters. The Morgan fingerprint density at radius 3 is 2.52 bits per heavy atom. The second-order valence-corrected chi connectivity index (χ2v) is 7.41. The fraction of sp³-hybridized carbons (Fsp3) is 0.737. The van der Waals surface area contributed by atoms with Crippen molar-refractivity contribution < 1.29 is 18.0 Å². The van der Waals surface area contributed by atoms with Gasteiger partial charge < -0.3 is 16.0 Å². The second-order valence-electron chi connectivity index (χ2n) is 7.41. The van der Waals surface area contributed by atoms with Gasteiger partial charge in [0.15, 0.2) is 11.7 Å². The summed E-state index contributed by atoms with van der Waals surface area (Å²) < 4.78 is 40.5. The lowest BCUT2D eigenvalue weighted by Crippen LogP contribution is -2.50. The fourth-order valence-electron chi connectivity index (χ4n) is 3.33. The zero-order valence-electron chi connectivity index (χ0n) is 18.3. The van der Waals surface area contributed by atoms with Crippen molar-refractivity contribution in [3.8, 4) is 0 Å². The number of hydrogen-bond acceptors (Lipinski definition) is 4. The number of carbonyl (C=O) groups is 1. The highest BCUT2D eigenvalue weighted by Gasteiger charge is 2.36. The highest BCUT2D eigenvalue weighted by molar-refractivity contribution is 14.0. The lowest BCUT2D eigenvalue weighted by atomic mass is 10.1. The maximum absolute atomic E-state index is 13.1. The van der Waals surface area contributed by atoms with Crippen molar-refractivity contribution in [3.05, 3.63) is 17.5 Å². The molecule has 0 spiro atoms. The number of piperidine rings is 1. The van der Waals surface area contributed by atoms with Crippen LogP contribution in [0.1, 0.15) is 44.4 Å². The molecule has 2 rings (SSSR count). The van der Waals surface area contributed by atoms with Crippen molar-refractivity contribution in [1.82, 2.24) is 30.6 Å². The summed E-state index contributed by atoms with van der Waals surface area (Å²) in [6.07, 6.45) is -0.599. The summed E-state index contributed by atoms with van der Waals surface area (Å²) >= 11 is 0. The smallest absolute Gasteiger partial charge is 0.357 e. The predicted octanol–water partition coefficient (Wildman–Crippen LogP) is 2.10. The minimum Gasteiger partial charge on any atom is -0.357 e. The molecular formula is C19H33F3IN7O. The summed E-state index contributed by atoms with van der Waals surface area (Å²) in [5, 5.41) is 12.8. The number of alkyl halides is 3. The van der Waals surface area contributed by atoms with Gasteiger partial charge in [0, 0.05) is 51.0 Å². The summed E-state index contributed by atoms with van der Waals surface area (Å²) in [5.41, 5.74) is -0.866. The molecule has 1 fully saturated rings. The molecule has 31 heavy (non-hydrogen) atoms. The number of likely N-dealkylation sites (tertiary alicyclic amines) is 1. The number of hydrogen-bond donors (Lipinski definition) is 3. The quantitative estimate of drug-likeness (QED) is 0.258. The maximum atomic E-state index is 13.1. The van der Waals surface area contributed by atoms with Crippen LogP contribution in [-0.4, -0.2) is 65.3 Å². The van der Waals surface area contributed by atoms with Crippen molar-refractivity contribution >= 4 is 35.8 Å². The van der Waals surface area contributed by atoms with Gasteiger partial charge in [0.1, 0.15) is 0 Å². The van der Waals surface area contributed by atoms with E-state index >= 15 is 0 Å². The Morgan fingerprint density at radius 1 is 1.26 bits per heavy atom. The molecular weight excluding hydrogens is 526 g/mol. The molecule has 2 heterocycles. The molecule has 1 aromatic rings. The maximum Gasteiger partial charge on any atom is 0.435 e. The molecule has 1 aromatic heterocycles. The third kappa shape index (κ3) is 9.21.